The molecule has 0 radical (unpaired) electrons. The Balaban J connectivity index is -0.0000000682. The van der Waals surface area contributed by atoms with Crippen LogP contribution in [0.3, 0.4) is 0 Å². The summed E-state index contributed by atoms with van der Waals surface area (Å²) in [6.45, 7) is -7.07. The van der Waals surface area contributed by atoms with Crippen molar-refractivity contribution < 1.29 is 98.6 Å². The maximum atomic E-state index is 10.9. The van der Waals surface area contributed by atoms with E-state index in [4.69, 9.17) is 0 Å². The molecule has 0 spiro atoms. The van der Waals surface area contributed by atoms with E-state index < -0.39 is 58.1 Å². The predicted octanol–water partition coefficient (Wildman–Crippen LogP) is 7.85. The van der Waals surface area contributed by atoms with Crippen LogP contribution in [-0.2, 0) is 14.8 Å². The maximum absolute atomic E-state index is 10.9. The Kier molecular flexibility index (Phi) is 36.1. The molecule has 33 heavy (non-hydrogen) atoms. The van der Waals surface area contributed by atoms with Crippen molar-refractivity contribution in [3.05, 3.63) is 12.9 Å². The fourth-order valence-electron chi connectivity index (χ4n) is 0.144. The van der Waals surface area contributed by atoms with Crippen LogP contribution in [0.25, 0.3) is 0 Å². The molecule has 0 atom stereocenters. The third-order valence-corrected chi connectivity index (χ3v) is 0.856. The highest BCUT2D eigenvalue weighted by Gasteiger charge is 2.31. The lowest BCUT2D eigenvalue weighted by Crippen LogP contribution is -2.18. The van der Waals surface area contributed by atoms with Gasteiger partial charge in [0.15, 0.2) is 26.6 Å². The van der Waals surface area contributed by atoms with Crippen LogP contribution in [0.1, 0.15) is 0 Å². The largest absolute Gasteiger partial charge is 0.416 e. The van der Waals surface area contributed by atoms with E-state index in [-0.39, 0.29) is 6.33 Å². The lowest BCUT2D eigenvalue weighted by Gasteiger charge is -2.01. The van der Waals surface area contributed by atoms with Crippen molar-refractivity contribution in [2.24, 2.45) is 0 Å². The second-order valence-corrected chi connectivity index (χ2v) is 3.59. The molecule has 0 unspecified atom stereocenters. The molecule has 0 N–H and O–H groups in total. The molecule has 0 bridgehead atoms. The van der Waals surface area contributed by atoms with Gasteiger partial charge in [-0.2, -0.15) is 58.2 Å². The average Bonchev–Trinajstić information content (AvgIpc) is 2.62. The first-order valence-corrected chi connectivity index (χ1v) is 6.43. The van der Waals surface area contributed by atoms with E-state index in [0.29, 0.717) is 0 Å². The van der Waals surface area contributed by atoms with E-state index in [1.165, 1.54) is 0 Å². The van der Waals surface area contributed by atoms with E-state index in [1.54, 1.807) is 0 Å². The minimum Gasteiger partial charge on any atom is -0.241 e. The summed E-state index contributed by atoms with van der Waals surface area (Å²) in [6, 6.07) is 0. The highest BCUT2D eigenvalue weighted by molar-refractivity contribution is 4.42. The third kappa shape index (κ3) is 104. The summed E-state index contributed by atoms with van der Waals surface area (Å²) >= 11 is 0. The number of rotatable bonds is 4. The molecule has 208 valence electrons. The van der Waals surface area contributed by atoms with Crippen LogP contribution < -0.4 is 0 Å². The summed E-state index contributed by atoms with van der Waals surface area (Å²) in [6.07, 6.45) is -17.7. The van der Waals surface area contributed by atoms with Crippen LogP contribution in [0.15, 0.2) is 12.9 Å². The summed E-state index contributed by atoms with van der Waals surface area (Å²) in [5.41, 5.74) is 0. The molecule has 0 amide bonds. The molecular weight excluding hydrogens is 541 g/mol. The van der Waals surface area contributed by atoms with Gasteiger partial charge in [-0.25, -0.2) is 22.0 Å². The lowest BCUT2D eigenvalue weighted by atomic mass is 10.7. The molecule has 3 nitrogen and oxygen atoms in total. The van der Waals surface area contributed by atoms with Crippen molar-refractivity contribution in [1.82, 2.24) is 0 Å². The van der Waals surface area contributed by atoms with Crippen LogP contribution in [0.4, 0.5) is 83.8 Å². The zero-order chi connectivity index (χ0) is 28.4. The first-order chi connectivity index (χ1) is 14.6. The van der Waals surface area contributed by atoms with Crippen LogP contribution in [-0.4, -0.2) is 58.1 Å². The zero-order valence-corrected chi connectivity index (χ0v) is 15.2. The number of alkyl halides is 15. The van der Waals surface area contributed by atoms with Gasteiger partial charge < -0.3 is 0 Å². The van der Waals surface area contributed by atoms with Crippen LogP contribution >= 0.6 is 0 Å². The Morgan fingerprint density at radius 3 is 0.788 bits per heavy atom. The highest BCUT2D eigenvalue weighted by Crippen LogP contribution is 2.15. The molecule has 0 saturated heterocycles. The minimum atomic E-state index is -4.62. The Morgan fingerprint density at radius 2 is 0.788 bits per heavy atom. The third-order valence-electron chi connectivity index (χ3n) is 0.856. The average molecular weight is 554 g/mol. The molecule has 0 aliphatic carbocycles. The Labute approximate surface area is 171 Å². The van der Waals surface area contributed by atoms with Crippen molar-refractivity contribution in [1.29, 1.82) is 0 Å². The number of hydrogen-bond acceptors (Lipinski definition) is 3. The Bertz CT molecular complexity index is 345. The van der Waals surface area contributed by atoms with Crippen molar-refractivity contribution in [2.45, 2.75) is 24.6 Å². The normalized spacial score (nSPS) is 10.8. The van der Waals surface area contributed by atoms with Gasteiger partial charge in [0.25, 0.3) is 0 Å². The first-order valence-electron chi connectivity index (χ1n) is 6.43. The standard InChI is InChI=1S/3C2H2F4O.C2H2F4.C2H3F.CH2F2/c2*3-2(4,5)1-7-6;3-1-2(4,5)7-6;3-1-2(4,5)6;1-2-3;2-1-3/h3*1H2;1H2;2H,1H2;1H2. The van der Waals surface area contributed by atoms with Gasteiger partial charge in [0.2, 0.25) is 6.93 Å². The molecule has 0 aromatic heterocycles. The van der Waals surface area contributed by atoms with Gasteiger partial charge in [-0.15, -0.1) is 4.94 Å². The molecule has 0 aromatic rings. The summed E-state index contributed by atoms with van der Waals surface area (Å²) < 4.78 is 198. The zero-order valence-electron chi connectivity index (χ0n) is 15.2. The fourth-order valence-corrected chi connectivity index (χ4v) is 0.144. The molecule has 0 saturated carbocycles. The van der Waals surface area contributed by atoms with Crippen molar-refractivity contribution in [2.75, 3.05) is 33.5 Å². The van der Waals surface area contributed by atoms with Gasteiger partial charge in [-0.3, -0.25) is 0 Å². The van der Waals surface area contributed by atoms with Crippen molar-refractivity contribution in [3.8, 4) is 0 Å². The Morgan fingerprint density at radius 1 is 0.576 bits per heavy atom. The molecule has 22 heteroatoms. The molecule has 0 aliphatic heterocycles. The molecule has 0 fully saturated rings. The fraction of sp³-hybridized carbons (Fsp3) is 0.818. The summed E-state index contributed by atoms with van der Waals surface area (Å²) in [5, 5.41) is 0. The minimum absolute atomic E-state index is 0.250. The number of hydrogen-bond donors (Lipinski definition) is 0. The second-order valence-electron chi connectivity index (χ2n) is 3.59. The van der Waals surface area contributed by atoms with E-state index >= 15 is 0 Å². The van der Waals surface area contributed by atoms with E-state index in [2.05, 4.69) is 16.5 Å². The van der Waals surface area contributed by atoms with E-state index in [1.807, 2.05) is 4.94 Å². The SMILES string of the molecule is C=CF.FCC(F)(F)F.FCC(F)(F)OF.FCF.FOCC(F)(F)F.FOCC(F)(F)F. The smallest absolute Gasteiger partial charge is 0.241 e. The van der Waals surface area contributed by atoms with Gasteiger partial charge in [-0.1, -0.05) is 6.58 Å². The molecule has 0 rings (SSSR count). The monoisotopic (exact) mass is 554 g/mol. The molecule has 0 aromatic carbocycles. The Hall–Kier alpha value is -1.71. The topological polar surface area (TPSA) is 27.7 Å². The van der Waals surface area contributed by atoms with Gasteiger partial charge in [0.1, 0.15) is 0 Å². The van der Waals surface area contributed by atoms with Crippen LogP contribution in [0.2, 0.25) is 0 Å². The molecular formula is C11H13F19O3. The van der Waals surface area contributed by atoms with Crippen molar-refractivity contribution >= 4 is 0 Å². The second kappa shape index (κ2) is 26.5. The van der Waals surface area contributed by atoms with Gasteiger partial charge in [0, 0.05) is 0 Å². The van der Waals surface area contributed by atoms with Crippen LogP contribution in [0.5, 0.6) is 0 Å². The highest BCUT2D eigenvalue weighted by atomic mass is 19.4. The number of halogens is 19. The van der Waals surface area contributed by atoms with Gasteiger partial charge in [-0.05, 0) is 13.6 Å². The van der Waals surface area contributed by atoms with Gasteiger partial charge >= 0.3 is 24.6 Å². The quantitative estimate of drug-likeness (QED) is 0.332. The maximum Gasteiger partial charge on any atom is 0.416 e. The predicted molar refractivity (Wildman–Crippen MR) is 69.8 cm³/mol. The first kappa shape index (κ1) is 44.9. The molecule has 0 heterocycles. The van der Waals surface area contributed by atoms with E-state index in [0.717, 1.165) is 0 Å². The summed E-state index contributed by atoms with van der Waals surface area (Å²) in [7, 11) is 0. The lowest BCUT2D eigenvalue weighted by molar-refractivity contribution is -0.357. The van der Waals surface area contributed by atoms with E-state index in [9.17, 15) is 83.8 Å². The molecule has 0 aliphatic rings. The summed E-state index contributed by atoms with van der Waals surface area (Å²) in [4.78, 5) is 6.44. The van der Waals surface area contributed by atoms with Gasteiger partial charge in [0.05, 0.1) is 6.33 Å². The summed E-state index contributed by atoms with van der Waals surface area (Å²) in [5.74, 6) is 0. The van der Waals surface area contributed by atoms with Crippen molar-refractivity contribution in [3.63, 3.8) is 0 Å². The van der Waals surface area contributed by atoms with Crippen LogP contribution in [0, 0.1) is 0 Å².